The van der Waals surface area contributed by atoms with Crippen LogP contribution >= 0.6 is 0 Å². The summed E-state index contributed by atoms with van der Waals surface area (Å²) in [6.07, 6.45) is 2.45. The third-order valence-corrected chi connectivity index (χ3v) is 4.62. The topological polar surface area (TPSA) is 38.3 Å². The van der Waals surface area contributed by atoms with Crippen LogP contribution < -0.4 is 10.1 Å². The van der Waals surface area contributed by atoms with Gasteiger partial charge in [0.1, 0.15) is 5.78 Å². The van der Waals surface area contributed by atoms with E-state index >= 15 is 0 Å². The van der Waals surface area contributed by atoms with Gasteiger partial charge in [0, 0.05) is 11.8 Å². The minimum atomic E-state index is -0.417. The second-order valence-corrected chi connectivity index (χ2v) is 6.33. The molecule has 4 heteroatoms. The summed E-state index contributed by atoms with van der Waals surface area (Å²) in [5.41, 5.74) is 0.319. The molecule has 116 valence electrons. The van der Waals surface area contributed by atoms with Crippen molar-refractivity contribution in [1.29, 1.82) is 0 Å². The maximum atomic E-state index is 13.7. The molecule has 21 heavy (non-hydrogen) atoms. The van der Waals surface area contributed by atoms with Gasteiger partial charge in [0.15, 0.2) is 11.6 Å². The van der Waals surface area contributed by atoms with Crippen molar-refractivity contribution in [2.75, 3.05) is 20.2 Å². The largest absolute Gasteiger partial charge is 0.494 e. The van der Waals surface area contributed by atoms with E-state index in [2.05, 4.69) is 5.32 Å². The van der Waals surface area contributed by atoms with E-state index in [1.165, 1.54) is 13.2 Å². The summed E-state index contributed by atoms with van der Waals surface area (Å²) in [6.45, 7) is 5.93. The number of rotatable bonds is 5. The number of ether oxygens (including phenoxy) is 1. The molecule has 0 aromatic heterocycles. The Labute approximate surface area is 125 Å². The molecule has 0 radical (unpaired) electrons. The van der Waals surface area contributed by atoms with Crippen molar-refractivity contribution in [2.24, 2.45) is 11.3 Å². The highest BCUT2D eigenvalue weighted by atomic mass is 19.1. The van der Waals surface area contributed by atoms with E-state index in [4.69, 9.17) is 4.74 Å². The maximum Gasteiger partial charge on any atom is 0.165 e. The summed E-state index contributed by atoms with van der Waals surface area (Å²) in [7, 11) is 1.43. The minimum Gasteiger partial charge on any atom is -0.494 e. The Bertz CT molecular complexity index is 508. The molecule has 0 amide bonds. The first-order chi connectivity index (χ1) is 9.95. The van der Waals surface area contributed by atoms with Crippen LogP contribution in [0.2, 0.25) is 0 Å². The summed E-state index contributed by atoms with van der Waals surface area (Å²) >= 11 is 0. The van der Waals surface area contributed by atoms with Crippen molar-refractivity contribution in [3.05, 3.63) is 29.6 Å². The molecule has 1 aromatic rings. The fraction of sp³-hybridized carbons (Fsp3) is 0.588. The van der Waals surface area contributed by atoms with Crippen molar-refractivity contribution in [2.45, 2.75) is 33.1 Å². The summed E-state index contributed by atoms with van der Waals surface area (Å²) < 4.78 is 18.6. The standard InChI is InChI=1S/C17H24FNO2/c1-17(2,13-5-4-8-19-11-13)16(20)10-12-6-7-15(21-3)14(18)9-12/h6-7,9,13,19H,4-5,8,10-11H2,1-3H3. The molecule has 0 spiro atoms. The van der Waals surface area contributed by atoms with E-state index in [-0.39, 0.29) is 23.4 Å². The van der Waals surface area contributed by atoms with Crippen LogP contribution in [0.5, 0.6) is 5.75 Å². The molecule has 1 heterocycles. The molecule has 1 aliphatic heterocycles. The number of carbonyl (C=O) groups excluding carboxylic acids is 1. The molecule has 1 fully saturated rings. The Morgan fingerprint density at radius 3 is 2.81 bits per heavy atom. The lowest BCUT2D eigenvalue weighted by Crippen LogP contribution is -2.43. The number of carbonyl (C=O) groups is 1. The monoisotopic (exact) mass is 293 g/mol. The zero-order chi connectivity index (χ0) is 15.5. The lowest BCUT2D eigenvalue weighted by Gasteiger charge is -2.36. The number of methoxy groups -OCH3 is 1. The summed E-state index contributed by atoms with van der Waals surface area (Å²) in [5, 5.41) is 3.36. The highest BCUT2D eigenvalue weighted by Gasteiger charge is 2.36. The van der Waals surface area contributed by atoms with Gasteiger partial charge in [-0.15, -0.1) is 0 Å². The second kappa shape index (κ2) is 6.56. The molecule has 1 aliphatic rings. The molecule has 0 aliphatic carbocycles. The van der Waals surface area contributed by atoms with Crippen LogP contribution in [0.3, 0.4) is 0 Å². The second-order valence-electron chi connectivity index (χ2n) is 6.33. The van der Waals surface area contributed by atoms with Gasteiger partial charge in [0.25, 0.3) is 0 Å². The third-order valence-electron chi connectivity index (χ3n) is 4.62. The van der Waals surface area contributed by atoms with Crippen molar-refractivity contribution in [3.8, 4) is 5.75 Å². The predicted molar refractivity (Wildman–Crippen MR) is 81.0 cm³/mol. The van der Waals surface area contributed by atoms with Crippen molar-refractivity contribution < 1.29 is 13.9 Å². The number of halogens is 1. The Balaban J connectivity index is 2.07. The van der Waals surface area contributed by atoms with Crippen molar-refractivity contribution in [1.82, 2.24) is 5.32 Å². The molecule has 1 unspecified atom stereocenters. The van der Waals surface area contributed by atoms with Gasteiger partial charge >= 0.3 is 0 Å². The van der Waals surface area contributed by atoms with Crippen LogP contribution in [0, 0.1) is 17.2 Å². The number of benzene rings is 1. The van der Waals surface area contributed by atoms with Crippen LogP contribution in [0.15, 0.2) is 18.2 Å². The molecule has 1 atom stereocenters. The molecule has 1 N–H and O–H groups in total. The quantitative estimate of drug-likeness (QED) is 0.907. The van der Waals surface area contributed by atoms with Gasteiger partial charge in [-0.25, -0.2) is 4.39 Å². The Hall–Kier alpha value is -1.42. The van der Waals surface area contributed by atoms with E-state index in [1.54, 1.807) is 12.1 Å². The molecule has 1 aromatic carbocycles. The number of Topliss-reactive ketones (excluding diaryl/α,β-unsaturated/α-hetero) is 1. The van der Waals surface area contributed by atoms with Gasteiger partial charge in [-0.3, -0.25) is 4.79 Å². The number of ketones is 1. The number of hydrogen-bond acceptors (Lipinski definition) is 3. The van der Waals surface area contributed by atoms with Gasteiger partial charge in [-0.1, -0.05) is 19.9 Å². The van der Waals surface area contributed by atoms with Gasteiger partial charge in [-0.05, 0) is 49.5 Å². The van der Waals surface area contributed by atoms with Gasteiger partial charge in [0.05, 0.1) is 7.11 Å². The van der Waals surface area contributed by atoms with Gasteiger partial charge in [-0.2, -0.15) is 0 Å². The van der Waals surface area contributed by atoms with Crippen LogP contribution in [-0.2, 0) is 11.2 Å². The summed E-state index contributed by atoms with van der Waals surface area (Å²) in [4.78, 5) is 12.6. The summed E-state index contributed by atoms with van der Waals surface area (Å²) in [5.74, 6) is 0.310. The van der Waals surface area contributed by atoms with Crippen molar-refractivity contribution in [3.63, 3.8) is 0 Å². The normalized spacial score (nSPS) is 19.3. The zero-order valence-electron chi connectivity index (χ0n) is 13.0. The Morgan fingerprint density at radius 2 is 2.24 bits per heavy atom. The maximum absolute atomic E-state index is 13.7. The van der Waals surface area contributed by atoms with Crippen LogP contribution in [-0.4, -0.2) is 26.0 Å². The minimum absolute atomic E-state index is 0.167. The van der Waals surface area contributed by atoms with E-state index in [1.807, 2.05) is 13.8 Å². The zero-order valence-corrected chi connectivity index (χ0v) is 13.0. The highest BCUT2D eigenvalue weighted by molar-refractivity contribution is 5.86. The lowest BCUT2D eigenvalue weighted by molar-refractivity contribution is -0.129. The number of hydrogen-bond donors (Lipinski definition) is 1. The van der Waals surface area contributed by atoms with Gasteiger partial charge in [0.2, 0.25) is 0 Å². The van der Waals surface area contributed by atoms with Crippen molar-refractivity contribution >= 4 is 5.78 Å². The SMILES string of the molecule is COc1ccc(CC(=O)C(C)(C)C2CCCNC2)cc1F. The van der Waals surface area contributed by atoms with Crippen LogP contribution in [0.1, 0.15) is 32.3 Å². The molecule has 0 saturated carbocycles. The molecule has 3 nitrogen and oxygen atoms in total. The average Bonchev–Trinajstić information content (AvgIpc) is 2.48. The third kappa shape index (κ3) is 3.62. The molecule has 2 rings (SSSR count). The van der Waals surface area contributed by atoms with E-state index in [0.717, 1.165) is 25.9 Å². The lowest BCUT2D eigenvalue weighted by atomic mass is 9.71. The fourth-order valence-corrected chi connectivity index (χ4v) is 2.93. The van der Waals surface area contributed by atoms with Gasteiger partial charge < -0.3 is 10.1 Å². The highest BCUT2D eigenvalue weighted by Crippen LogP contribution is 2.34. The molecule has 1 saturated heterocycles. The first-order valence-electron chi connectivity index (χ1n) is 7.51. The fourth-order valence-electron chi connectivity index (χ4n) is 2.93. The Morgan fingerprint density at radius 1 is 1.48 bits per heavy atom. The first kappa shape index (κ1) is 16.0. The van der Waals surface area contributed by atoms with E-state index in [0.29, 0.717) is 11.5 Å². The average molecular weight is 293 g/mol. The number of nitrogens with one attached hydrogen (secondary N) is 1. The van der Waals surface area contributed by atoms with E-state index in [9.17, 15) is 9.18 Å². The summed E-state index contributed by atoms with van der Waals surface area (Å²) in [6, 6.07) is 4.73. The first-order valence-corrected chi connectivity index (χ1v) is 7.51. The smallest absolute Gasteiger partial charge is 0.165 e. The van der Waals surface area contributed by atoms with E-state index < -0.39 is 5.82 Å². The van der Waals surface area contributed by atoms with Crippen LogP contribution in [0.4, 0.5) is 4.39 Å². The predicted octanol–water partition coefficient (Wildman–Crippen LogP) is 2.97. The molecular weight excluding hydrogens is 269 g/mol. The Kier molecular flexibility index (Phi) is 4.99. The van der Waals surface area contributed by atoms with Crippen LogP contribution in [0.25, 0.3) is 0 Å². The molecule has 0 bridgehead atoms. The molecular formula is C17H24FNO2. The number of piperidine rings is 1.